The Morgan fingerprint density at radius 3 is 2.58 bits per heavy atom. The van der Waals surface area contributed by atoms with E-state index in [-0.39, 0.29) is 0 Å². The highest BCUT2D eigenvalue weighted by Crippen LogP contribution is 2.25. The Bertz CT molecular complexity index is 497. The molecule has 0 spiro atoms. The molecule has 4 nitrogen and oxygen atoms in total. The third-order valence-electron chi connectivity index (χ3n) is 5.55. The summed E-state index contributed by atoms with van der Waals surface area (Å²) in [5.41, 5.74) is 2.93. The van der Waals surface area contributed by atoms with Gasteiger partial charge in [0.05, 0.1) is 6.61 Å². The summed E-state index contributed by atoms with van der Waals surface area (Å²) < 4.78 is 5.38. The maximum atomic E-state index is 5.38. The van der Waals surface area contributed by atoms with E-state index in [1.54, 1.807) is 0 Å². The lowest BCUT2D eigenvalue weighted by molar-refractivity contribution is 0.0874. The number of hydrogen-bond donors (Lipinski definition) is 0. The Labute approximate surface area is 147 Å². The molecular formula is C20H33N3O. The summed E-state index contributed by atoms with van der Waals surface area (Å²) in [6.45, 7) is 12.5. The van der Waals surface area contributed by atoms with E-state index in [4.69, 9.17) is 4.74 Å². The third-order valence-corrected chi connectivity index (χ3v) is 5.55. The molecule has 2 fully saturated rings. The van der Waals surface area contributed by atoms with Gasteiger partial charge in [0.15, 0.2) is 0 Å². The second kappa shape index (κ2) is 8.84. The first kappa shape index (κ1) is 17.7. The van der Waals surface area contributed by atoms with Crippen molar-refractivity contribution in [3.63, 3.8) is 0 Å². The number of rotatable bonds is 6. The molecule has 2 heterocycles. The molecule has 1 atom stereocenters. The highest BCUT2D eigenvalue weighted by molar-refractivity contribution is 5.54. The molecule has 0 N–H and O–H groups in total. The third kappa shape index (κ3) is 4.50. The second-order valence-corrected chi connectivity index (χ2v) is 7.25. The van der Waals surface area contributed by atoms with Gasteiger partial charge in [-0.3, -0.25) is 4.90 Å². The van der Waals surface area contributed by atoms with Crippen molar-refractivity contribution in [2.24, 2.45) is 5.92 Å². The van der Waals surface area contributed by atoms with E-state index in [1.165, 1.54) is 56.8 Å². The number of likely N-dealkylation sites (tertiary alicyclic amines) is 1. The topological polar surface area (TPSA) is 19.0 Å². The summed E-state index contributed by atoms with van der Waals surface area (Å²) in [5, 5.41) is 0. The van der Waals surface area contributed by atoms with E-state index in [2.05, 4.69) is 45.9 Å². The standard InChI is InChI=1S/C20H33N3O/c1-3-21-11-13-23(14-12-21)20-9-5-4-8-19(20)16-22-10-6-7-18(15-22)17-24-2/h4-5,8-9,18H,3,6-7,10-17H2,1-2H3. The number of nitrogens with zero attached hydrogens (tertiary/aromatic N) is 3. The van der Waals surface area contributed by atoms with Crippen LogP contribution in [0.3, 0.4) is 0 Å². The van der Waals surface area contributed by atoms with Gasteiger partial charge >= 0.3 is 0 Å². The summed E-state index contributed by atoms with van der Waals surface area (Å²) in [5.74, 6) is 0.698. The van der Waals surface area contributed by atoms with E-state index < -0.39 is 0 Å². The zero-order chi connectivity index (χ0) is 16.8. The summed E-state index contributed by atoms with van der Waals surface area (Å²) in [7, 11) is 1.82. The molecule has 0 bridgehead atoms. The van der Waals surface area contributed by atoms with Crippen LogP contribution in [0.4, 0.5) is 5.69 Å². The summed E-state index contributed by atoms with van der Waals surface area (Å²) in [6, 6.07) is 9.02. The number of methoxy groups -OCH3 is 1. The van der Waals surface area contributed by atoms with Gasteiger partial charge in [-0.1, -0.05) is 25.1 Å². The largest absolute Gasteiger partial charge is 0.384 e. The minimum Gasteiger partial charge on any atom is -0.384 e. The van der Waals surface area contributed by atoms with Crippen LogP contribution in [0.25, 0.3) is 0 Å². The Balaban J connectivity index is 1.64. The summed E-state index contributed by atoms with van der Waals surface area (Å²) in [4.78, 5) is 7.74. The van der Waals surface area contributed by atoms with E-state index >= 15 is 0 Å². The van der Waals surface area contributed by atoms with Crippen LogP contribution in [0.5, 0.6) is 0 Å². The molecule has 24 heavy (non-hydrogen) atoms. The van der Waals surface area contributed by atoms with Crippen LogP contribution in [0, 0.1) is 5.92 Å². The minimum absolute atomic E-state index is 0.698. The number of anilines is 1. The van der Waals surface area contributed by atoms with Crippen LogP contribution in [-0.2, 0) is 11.3 Å². The molecule has 3 rings (SSSR count). The molecule has 1 unspecified atom stereocenters. The van der Waals surface area contributed by atoms with Crippen LogP contribution in [-0.4, -0.2) is 69.3 Å². The van der Waals surface area contributed by atoms with Crippen molar-refractivity contribution in [3.05, 3.63) is 29.8 Å². The Morgan fingerprint density at radius 1 is 1.04 bits per heavy atom. The maximum absolute atomic E-state index is 5.38. The van der Waals surface area contributed by atoms with Gasteiger partial charge in [0.1, 0.15) is 0 Å². The van der Waals surface area contributed by atoms with Gasteiger partial charge in [-0.2, -0.15) is 0 Å². The van der Waals surface area contributed by atoms with Gasteiger partial charge in [-0.25, -0.2) is 0 Å². The first-order valence-electron chi connectivity index (χ1n) is 9.56. The van der Waals surface area contributed by atoms with Crippen molar-refractivity contribution in [1.29, 1.82) is 0 Å². The number of benzene rings is 1. The van der Waals surface area contributed by atoms with E-state index in [0.717, 1.165) is 26.2 Å². The summed E-state index contributed by atoms with van der Waals surface area (Å²) in [6.07, 6.45) is 2.61. The average molecular weight is 332 g/mol. The van der Waals surface area contributed by atoms with Gasteiger partial charge in [-0.05, 0) is 43.5 Å². The molecule has 2 saturated heterocycles. The SMILES string of the molecule is CCN1CCN(c2ccccc2CN2CCCC(COC)C2)CC1. The van der Waals surface area contributed by atoms with Crippen molar-refractivity contribution in [2.45, 2.75) is 26.3 Å². The first-order chi connectivity index (χ1) is 11.8. The number of ether oxygens (including phenoxy) is 1. The number of piperidine rings is 1. The summed E-state index contributed by atoms with van der Waals surface area (Å²) >= 11 is 0. The van der Waals surface area contributed by atoms with Gasteiger partial charge in [0.25, 0.3) is 0 Å². The predicted octanol–water partition coefficient (Wildman–Crippen LogP) is 2.69. The maximum Gasteiger partial charge on any atom is 0.0502 e. The quantitative estimate of drug-likeness (QED) is 0.798. The highest BCUT2D eigenvalue weighted by atomic mass is 16.5. The molecule has 0 saturated carbocycles. The van der Waals surface area contributed by atoms with Crippen LogP contribution in [0.2, 0.25) is 0 Å². The normalized spacial score (nSPS) is 23.6. The predicted molar refractivity (Wildman–Crippen MR) is 101 cm³/mol. The Morgan fingerprint density at radius 2 is 1.83 bits per heavy atom. The van der Waals surface area contributed by atoms with E-state index in [1.807, 2.05) is 7.11 Å². The Kier molecular flexibility index (Phi) is 6.52. The van der Waals surface area contributed by atoms with Gasteiger partial charge in [-0.15, -0.1) is 0 Å². The number of hydrogen-bond acceptors (Lipinski definition) is 4. The van der Waals surface area contributed by atoms with E-state index in [9.17, 15) is 0 Å². The van der Waals surface area contributed by atoms with Gasteiger partial charge in [0, 0.05) is 52.1 Å². The molecule has 2 aliphatic heterocycles. The monoisotopic (exact) mass is 331 g/mol. The lowest BCUT2D eigenvalue weighted by atomic mass is 9.98. The van der Waals surface area contributed by atoms with Crippen LogP contribution < -0.4 is 4.90 Å². The van der Waals surface area contributed by atoms with Crippen molar-refractivity contribution < 1.29 is 4.74 Å². The lowest BCUT2D eigenvalue weighted by Crippen LogP contribution is -2.46. The molecule has 0 radical (unpaired) electrons. The lowest BCUT2D eigenvalue weighted by Gasteiger charge is -2.38. The fourth-order valence-electron chi connectivity index (χ4n) is 4.17. The van der Waals surface area contributed by atoms with Crippen molar-refractivity contribution >= 4 is 5.69 Å². The molecule has 2 aliphatic rings. The average Bonchev–Trinajstić information content (AvgIpc) is 2.63. The smallest absolute Gasteiger partial charge is 0.0502 e. The van der Waals surface area contributed by atoms with E-state index in [0.29, 0.717) is 5.92 Å². The zero-order valence-corrected chi connectivity index (χ0v) is 15.4. The molecule has 0 aliphatic carbocycles. The first-order valence-corrected chi connectivity index (χ1v) is 9.56. The zero-order valence-electron chi connectivity index (χ0n) is 15.4. The van der Waals surface area contributed by atoms with Crippen molar-refractivity contribution in [1.82, 2.24) is 9.80 Å². The van der Waals surface area contributed by atoms with Crippen molar-refractivity contribution in [2.75, 3.05) is 64.4 Å². The van der Waals surface area contributed by atoms with Crippen LogP contribution >= 0.6 is 0 Å². The molecule has 4 heteroatoms. The van der Waals surface area contributed by atoms with Crippen LogP contribution in [0.15, 0.2) is 24.3 Å². The molecule has 0 aromatic heterocycles. The Hall–Kier alpha value is -1.10. The molecule has 0 amide bonds. The number of para-hydroxylation sites is 1. The molecule has 134 valence electrons. The van der Waals surface area contributed by atoms with Gasteiger partial charge in [0.2, 0.25) is 0 Å². The minimum atomic E-state index is 0.698. The molecule has 1 aromatic rings. The fraction of sp³-hybridized carbons (Fsp3) is 0.700. The highest BCUT2D eigenvalue weighted by Gasteiger charge is 2.22. The van der Waals surface area contributed by atoms with Crippen molar-refractivity contribution in [3.8, 4) is 0 Å². The molecule has 1 aromatic carbocycles. The van der Waals surface area contributed by atoms with Crippen LogP contribution in [0.1, 0.15) is 25.3 Å². The fourth-order valence-corrected chi connectivity index (χ4v) is 4.17. The molecular weight excluding hydrogens is 298 g/mol. The second-order valence-electron chi connectivity index (χ2n) is 7.25. The van der Waals surface area contributed by atoms with Gasteiger partial charge < -0.3 is 14.5 Å². The number of likely N-dealkylation sites (N-methyl/N-ethyl adjacent to an activating group) is 1. The number of piperazine rings is 1.